The van der Waals surface area contributed by atoms with E-state index in [-0.39, 0.29) is 23.7 Å². The second-order valence-electron chi connectivity index (χ2n) is 7.44. The predicted octanol–water partition coefficient (Wildman–Crippen LogP) is 6.23. The van der Waals surface area contributed by atoms with Crippen LogP contribution in [0.4, 0.5) is 17.6 Å². The Labute approximate surface area is 195 Å². The van der Waals surface area contributed by atoms with E-state index < -0.39 is 23.3 Å². The van der Waals surface area contributed by atoms with E-state index in [0.29, 0.717) is 17.0 Å². The molecule has 34 heavy (non-hydrogen) atoms. The minimum absolute atomic E-state index is 0.0282. The zero-order valence-electron chi connectivity index (χ0n) is 17.9. The van der Waals surface area contributed by atoms with Gasteiger partial charge in [-0.25, -0.2) is 14.2 Å². The number of rotatable bonds is 8. The first kappa shape index (κ1) is 23.7. The van der Waals surface area contributed by atoms with E-state index in [1.807, 2.05) is 6.92 Å². The Kier molecular flexibility index (Phi) is 6.82. The molecule has 2 aromatic heterocycles. The molecule has 0 fully saturated rings. The Bertz CT molecular complexity index is 1330. The van der Waals surface area contributed by atoms with Crippen LogP contribution < -0.4 is 10.5 Å². The van der Waals surface area contributed by atoms with Crippen molar-refractivity contribution in [2.45, 2.75) is 39.0 Å². The highest BCUT2D eigenvalue weighted by Gasteiger charge is 2.30. The minimum atomic E-state index is -4.40. The number of aromatic nitrogens is 3. The summed E-state index contributed by atoms with van der Waals surface area (Å²) in [7, 11) is 0. The van der Waals surface area contributed by atoms with E-state index in [9.17, 15) is 22.4 Å². The molecule has 6 nitrogen and oxygen atoms in total. The lowest BCUT2D eigenvalue weighted by Crippen LogP contribution is -2.03. The van der Waals surface area contributed by atoms with Crippen LogP contribution >= 0.6 is 11.3 Å². The Morgan fingerprint density at radius 3 is 2.53 bits per heavy atom. The van der Waals surface area contributed by atoms with Crippen molar-refractivity contribution in [2.75, 3.05) is 0 Å². The Morgan fingerprint density at radius 1 is 1.15 bits per heavy atom. The number of halogens is 4. The van der Waals surface area contributed by atoms with Crippen LogP contribution in [0.15, 0.2) is 51.8 Å². The lowest BCUT2D eigenvalue weighted by Gasteiger charge is -2.07. The molecule has 11 heteroatoms. The molecule has 0 radical (unpaired) electrons. The van der Waals surface area contributed by atoms with Crippen molar-refractivity contribution in [3.05, 3.63) is 75.0 Å². The normalized spacial score (nSPS) is 11.7. The molecule has 0 atom stereocenters. The SMILES string of the molecule is CCCCc1nc(-c2ccc(C(F)(F)F)cc2)sc1COc1ccc(-c2noc(=O)[nH]2)c(F)c1. The number of hydrogen-bond donors (Lipinski definition) is 1. The van der Waals surface area contributed by atoms with Gasteiger partial charge in [-0.3, -0.25) is 9.51 Å². The summed E-state index contributed by atoms with van der Waals surface area (Å²) in [5.74, 6) is -1.20. The fourth-order valence-corrected chi connectivity index (χ4v) is 4.26. The monoisotopic (exact) mass is 493 g/mol. The molecular formula is C23H19F4N3O3S. The second kappa shape index (κ2) is 9.80. The zero-order valence-corrected chi connectivity index (χ0v) is 18.7. The van der Waals surface area contributed by atoms with Gasteiger partial charge < -0.3 is 4.74 Å². The molecule has 4 rings (SSSR count). The average molecular weight is 493 g/mol. The van der Waals surface area contributed by atoms with Crippen LogP contribution in [0.1, 0.15) is 35.9 Å². The largest absolute Gasteiger partial charge is 0.488 e. The molecule has 0 amide bonds. The highest BCUT2D eigenvalue weighted by molar-refractivity contribution is 7.15. The molecule has 0 saturated carbocycles. The first-order valence-corrected chi connectivity index (χ1v) is 11.2. The lowest BCUT2D eigenvalue weighted by molar-refractivity contribution is -0.137. The summed E-state index contributed by atoms with van der Waals surface area (Å²) in [6.45, 7) is 2.17. The van der Waals surface area contributed by atoms with Crippen molar-refractivity contribution in [1.82, 2.24) is 15.1 Å². The van der Waals surface area contributed by atoms with Crippen LogP contribution in [-0.2, 0) is 19.2 Å². The third-order valence-electron chi connectivity index (χ3n) is 5.01. The number of unbranched alkanes of at least 4 members (excludes halogenated alkanes) is 1. The van der Waals surface area contributed by atoms with Gasteiger partial charge >= 0.3 is 11.9 Å². The molecule has 2 aromatic carbocycles. The fraction of sp³-hybridized carbons (Fsp3) is 0.261. The van der Waals surface area contributed by atoms with E-state index in [2.05, 4.69) is 19.6 Å². The standard InChI is InChI=1S/C23H19F4N3O3S/c1-2-3-4-18-19(34-21(28-18)13-5-7-14(8-6-13)23(25,26)27)12-32-15-9-10-16(17(24)11-15)20-29-22(31)33-30-20/h5-11H,2-4,12H2,1H3,(H,29,30,31). The fourth-order valence-electron chi connectivity index (χ4n) is 3.23. The summed E-state index contributed by atoms with van der Waals surface area (Å²) in [6.07, 6.45) is -1.87. The highest BCUT2D eigenvalue weighted by atomic mass is 32.1. The molecule has 0 unspecified atom stereocenters. The summed E-state index contributed by atoms with van der Waals surface area (Å²) in [5, 5.41) is 4.06. The second-order valence-corrected chi connectivity index (χ2v) is 8.53. The number of nitrogens with zero attached hydrogens (tertiary/aromatic N) is 2. The number of alkyl halides is 3. The van der Waals surface area contributed by atoms with Crippen LogP contribution in [0, 0.1) is 5.82 Å². The van der Waals surface area contributed by atoms with Gasteiger partial charge in [-0.2, -0.15) is 13.2 Å². The summed E-state index contributed by atoms with van der Waals surface area (Å²) < 4.78 is 63.2. The number of aromatic amines is 1. The molecule has 2 heterocycles. The number of nitrogens with one attached hydrogen (secondary N) is 1. The van der Waals surface area contributed by atoms with Gasteiger partial charge in [0.1, 0.15) is 23.2 Å². The summed E-state index contributed by atoms with van der Waals surface area (Å²) in [6, 6.07) is 8.99. The molecule has 0 spiro atoms. The molecular weight excluding hydrogens is 474 g/mol. The summed E-state index contributed by atoms with van der Waals surface area (Å²) >= 11 is 1.33. The minimum Gasteiger partial charge on any atom is -0.488 e. The van der Waals surface area contributed by atoms with E-state index in [1.165, 1.54) is 41.7 Å². The van der Waals surface area contributed by atoms with Crippen molar-refractivity contribution in [2.24, 2.45) is 0 Å². The summed E-state index contributed by atoms with van der Waals surface area (Å²) in [5.41, 5.74) is 0.727. The molecule has 0 aliphatic heterocycles. The number of aryl methyl sites for hydroxylation is 1. The first-order chi connectivity index (χ1) is 16.2. The van der Waals surface area contributed by atoms with Crippen LogP contribution in [0.3, 0.4) is 0 Å². The van der Waals surface area contributed by atoms with Gasteiger partial charge in [0.25, 0.3) is 0 Å². The predicted molar refractivity (Wildman–Crippen MR) is 118 cm³/mol. The van der Waals surface area contributed by atoms with Gasteiger partial charge in [-0.1, -0.05) is 30.6 Å². The Hall–Kier alpha value is -3.47. The maximum absolute atomic E-state index is 14.5. The maximum atomic E-state index is 14.5. The van der Waals surface area contributed by atoms with Crippen LogP contribution in [0.5, 0.6) is 5.75 Å². The lowest BCUT2D eigenvalue weighted by atomic mass is 10.1. The van der Waals surface area contributed by atoms with Crippen molar-refractivity contribution in [1.29, 1.82) is 0 Å². The van der Waals surface area contributed by atoms with Gasteiger partial charge in [0, 0.05) is 11.6 Å². The molecule has 0 bridgehead atoms. The van der Waals surface area contributed by atoms with Gasteiger partial charge in [0.2, 0.25) is 0 Å². The van der Waals surface area contributed by atoms with Crippen LogP contribution in [0.2, 0.25) is 0 Å². The van der Waals surface area contributed by atoms with E-state index in [0.717, 1.165) is 35.5 Å². The number of H-pyrrole nitrogens is 1. The Balaban J connectivity index is 1.53. The quantitative estimate of drug-likeness (QED) is 0.294. The van der Waals surface area contributed by atoms with E-state index in [4.69, 9.17) is 4.74 Å². The molecule has 4 aromatic rings. The van der Waals surface area contributed by atoms with E-state index >= 15 is 0 Å². The number of hydrogen-bond acceptors (Lipinski definition) is 6. The van der Waals surface area contributed by atoms with Gasteiger partial charge in [-0.05, 0) is 37.1 Å². The smallest absolute Gasteiger partial charge is 0.439 e. The molecule has 0 aliphatic rings. The highest BCUT2D eigenvalue weighted by Crippen LogP contribution is 2.34. The van der Waals surface area contributed by atoms with Crippen molar-refractivity contribution >= 4 is 11.3 Å². The topological polar surface area (TPSA) is 81.0 Å². The molecule has 0 saturated heterocycles. The average Bonchev–Trinajstić information content (AvgIpc) is 3.42. The third kappa shape index (κ3) is 5.36. The molecule has 178 valence electrons. The third-order valence-corrected chi connectivity index (χ3v) is 6.13. The number of thiazole rings is 1. The van der Waals surface area contributed by atoms with E-state index in [1.54, 1.807) is 0 Å². The van der Waals surface area contributed by atoms with Crippen molar-refractivity contribution < 1.29 is 26.8 Å². The number of ether oxygens (including phenoxy) is 1. The summed E-state index contributed by atoms with van der Waals surface area (Å²) in [4.78, 5) is 18.8. The van der Waals surface area contributed by atoms with Crippen LogP contribution in [0.25, 0.3) is 22.0 Å². The molecule has 0 aliphatic carbocycles. The van der Waals surface area contributed by atoms with Gasteiger partial charge in [0.05, 0.1) is 21.7 Å². The van der Waals surface area contributed by atoms with Crippen LogP contribution in [-0.4, -0.2) is 15.1 Å². The van der Waals surface area contributed by atoms with Crippen molar-refractivity contribution in [3.8, 4) is 27.7 Å². The van der Waals surface area contributed by atoms with Gasteiger partial charge in [0.15, 0.2) is 5.82 Å². The molecule has 1 N–H and O–H groups in total. The first-order valence-electron chi connectivity index (χ1n) is 10.4. The number of benzene rings is 2. The maximum Gasteiger partial charge on any atom is 0.439 e. The van der Waals surface area contributed by atoms with Crippen molar-refractivity contribution in [3.63, 3.8) is 0 Å². The van der Waals surface area contributed by atoms with Gasteiger partial charge in [-0.15, -0.1) is 11.3 Å². The Morgan fingerprint density at radius 2 is 1.91 bits per heavy atom. The zero-order chi connectivity index (χ0) is 24.3.